The van der Waals surface area contributed by atoms with Crippen LogP contribution < -0.4 is 9.62 Å². The molecule has 1 aliphatic rings. The number of piperidine rings is 1. The summed E-state index contributed by atoms with van der Waals surface area (Å²) >= 11 is 0. The molecule has 1 N–H and O–H groups in total. The van der Waals surface area contributed by atoms with Gasteiger partial charge in [-0.2, -0.15) is 0 Å². The molecule has 1 unspecified atom stereocenters. The summed E-state index contributed by atoms with van der Waals surface area (Å²) in [4.78, 5) is 11.4. The molecule has 30 heavy (non-hydrogen) atoms. The monoisotopic (exact) mass is 428 g/mol. The Hall–Kier alpha value is -2.45. The van der Waals surface area contributed by atoms with Crippen molar-refractivity contribution in [3.05, 3.63) is 48.5 Å². The highest BCUT2D eigenvalue weighted by Crippen LogP contribution is 2.31. The Bertz CT molecular complexity index is 1050. The van der Waals surface area contributed by atoms with Gasteiger partial charge in [-0.25, -0.2) is 23.1 Å². The van der Waals surface area contributed by atoms with Gasteiger partial charge < -0.3 is 9.32 Å². The SMILES string of the molecule is CCCC(C)NS(=O)(=O)c1ccc(N2CCC(c3nc4ccccc4o3)CC2)nc1. The first-order valence-corrected chi connectivity index (χ1v) is 12.0. The number of aromatic nitrogens is 2. The van der Waals surface area contributed by atoms with E-state index in [1.807, 2.05) is 38.1 Å². The second kappa shape index (κ2) is 8.73. The Morgan fingerprint density at radius 1 is 1.20 bits per heavy atom. The van der Waals surface area contributed by atoms with Crippen LogP contribution in [-0.4, -0.2) is 37.5 Å². The fourth-order valence-electron chi connectivity index (χ4n) is 3.96. The normalized spacial score (nSPS) is 16.8. The second-order valence-electron chi connectivity index (χ2n) is 7.94. The molecule has 1 fully saturated rings. The lowest BCUT2D eigenvalue weighted by Crippen LogP contribution is -2.34. The third kappa shape index (κ3) is 4.49. The Balaban J connectivity index is 1.39. The zero-order valence-electron chi connectivity index (χ0n) is 17.4. The summed E-state index contributed by atoms with van der Waals surface area (Å²) in [5, 5.41) is 0. The van der Waals surface area contributed by atoms with Gasteiger partial charge in [-0.3, -0.25) is 0 Å². The number of para-hydroxylation sites is 2. The molecule has 1 aliphatic heterocycles. The van der Waals surface area contributed by atoms with Crippen LogP contribution in [0.25, 0.3) is 11.1 Å². The lowest BCUT2D eigenvalue weighted by molar-refractivity contribution is 0.406. The number of sulfonamides is 1. The van der Waals surface area contributed by atoms with Crippen LogP contribution in [0.15, 0.2) is 51.9 Å². The van der Waals surface area contributed by atoms with Crippen molar-refractivity contribution < 1.29 is 12.8 Å². The summed E-state index contributed by atoms with van der Waals surface area (Å²) in [7, 11) is -3.54. The summed E-state index contributed by atoms with van der Waals surface area (Å²) in [5.74, 6) is 1.89. The summed E-state index contributed by atoms with van der Waals surface area (Å²) in [5.41, 5.74) is 1.73. The molecule has 0 amide bonds. The number of oxazole rings is 1. The van der Waals surface area contributed by atoms with E-state index in [2.05, 4.69) is 19.6 Å². The van der Waals surface area contributed by atoms with Gasteiger partial charge in [0.1, 0.15) is 16.2 Å². The van der Waals surface area contributed by atoms with Crippen LogP contribution in [0.3, 0.4) is 0 Å². The number of hydrogen-bond donors (Lipinski definition) is 1. The quantitative estimate of drug-likeness (QED) is 0.610. The van der Waals surface area contributed by atoms with Crippen LogP contribution in [-0.2, 0) is 10.0 Å². The first-order chi connectivity index (χ1) is 14.5. The Morgan fingerprint density at radius 2 is 1.97 bits per heavy atom. The third-order valence-corrected chi connectivity index (χ3v) is 7.16. The van der Waals surface area contributed by atoms with Crippen LogP contribution in [0.2, 0.25) is 0 Å². The van der Waals surface area contributed by atoms with Crippen LogP contribution >= 0.6 is 0 Å². The molecule has 1 atom stereocenters. The van der Waals surface area contributed by atoms with E-state index in [4.69, 9.17) is 4.42 Å². The molecule has 160 valence electrons. The van der Waals surface area contributed by atoms with Gasteiger partial charge in [0.15, 0.2) is 11.5 Å². The molecule has 7 nitrogen and oxygen atoms in total. The first kappa shape index (κ1) is 20.8. The van der Waals surface area contributed by atoms with Crippen molar-refractivity contribution in [1.29, 1.82) is 0 Å². The molecule has 3 heterocycles. The van der Waals surface area contributed by atoms with Crippen molar-refractivity contribution in [2.24, 2.45) is 0 Å². The highest BCUT2D eigenvalue weighted by Gasteiger charge is 2.26. The molecular weight excluding hydrogens is 400 g/mol. The van der Waals surface area contributed by atoms with Crippen molar-refractivity contribution in [1.82, 2.24) is 14.7 Å². The minimum Gasteiger partial charge on any atom is -0.440 e. The van der Waals surface area contributed by atoms with Crippen molar-refractivity contribution in [3.63, 3.8) is 0 Å². The molecule has 0 spiro atoms. The first-order valence-electron chi connectivity index (χ1n) is 10.5. The molecule has 0 radical (unpaired) electrons. The molecular formula is C22H28N4O3S. The minimum absolute atomic E-state index is 0.0921. The van der Waals surface area contributed by atoms with Crippen LogP contribution in [0, 0.1) is 0 Å². The second-order valence-corrected chi connectivity index (χ2v) is 9.66. The number of hydrogen-bond acceptors (Lipinski definition) is 6. The van der Waals surface area contributed by atoms with Gasteiger partial charge in [-0.1, -0.05) is 25.5 Å². The van der Waals surface area contributed by atoms with E-state index in [1.165, 1.54) is 6.20 Å². The summed E-state index contributed by atoms with van der Waals surface area (Å²) in [6, 6.07) is 11.2. The van der Waals surface area contributed by atoms with E-state index >= 15 is 0 Å². The predicted octanol–water partition coefficient (Wildman–Crippen LogP) is 4.07. The van der Waals surface area contributed by atoms with Gasteiger partial charge in [0.2, 0.25) is 10.0 Å². The minimum atomic E-state index is -3.54. The Labute approximate surface area is 177 Å². The van der Waals surface area contributed by atoms with E-state index in [0.29, 0.717) is 0 Å². The molecule has 8 heteroatoms. The van der Waals surface area contributed by atoms with Crippen molar-refractivity contribution in [2.75, 3.05) is 18.0 Å². The van der Waals surface area contributed by atoms with E-state index in [1.54, 1.807) is 12.1 Å². The van der Waals surface area contributed by atoms with E-state index in [9.17, 15) is 8.42 Å². The summed E-state index contributed by atoms with van der Waals surface area (Å²) in [6.45, 7) is 5.57. The average molecular weight is 429 g/mol. The fourth-order valence-corrected chi connectivity index (χ4v) is 5.19. The predicted molar refractivity (Wildman–Crippen MR) is 117 cm³/mol. The number of nitrogens with zero attached hydrogens (tertiary/aromatic N) is 3. The molecule has 4 rings (SSSR count). The summed E-state index contributed by atoms with van der Waals surface area (Å²) in [6.07, 6.45) is 5.03. The Kier molecular flexibility index (Phi) is 6.06. The van der Waals surface area contributed by atoms with Gasteiger partial charge in [-0.15, -0.1) is 0 Å². The maximum absolute atomic E-state index is 12.5. The zero-order chi connectivity index (χ0) is 21.1. The average Bonchev–Trinajstić information content (AvgIpc) is 3.18. The third-order valence-electron chi connectivity index (χ3n) is 5.59. The van der Waals surface area contributed by atoms with Gasteiger partial charge in [0.05, 0.1) is 0 Å². The number of benzene rings is 1. The molecule has 0 saturated carbocycles. The summed E-state index contributed by atoms with van der Waals surface area (Å²) < 4.78 is 33.6. The lowest BCUT2D eigenvalue weighted by atomic mass is 9.97. The van der Waals surface area contributed by atoms with E-state index in [0.717, 1.165) is 61.6 Å². The van der Waals surface area contributed by atoms with Gasteiger partial charge in [-0.05, 0) is 50.5 Å². The Morgan fingerprint density at radius 3 is 2.63 bits per heavy atom. The fraction of sp³-hybridized carbons (Fsp3) is 0.455. The number of nitrogens with one attached hydrogen (secondary N) is 1. The largest absolute Gasteiger partial charge is 0.440 e. The van der Waals surface area contributed by atoms with Gasteiger partial charge in [0.25, 0.3) is 0 Å². The number of rotatable bonds is 7. The van der Waals surface area contributed by atoms with Crippen LogP contribution in [0.4, 0.5) is 5.82 Å². The number of pyridine rings is 1. The van der Waals surface area contributed by atoms with Crippen LogP contribution in [0.1, 0.15) is 51.3 Å². The van der Waals surface area contributed by atoms with E-state index < -0.39 is 10.0 Å². The van der Waals surface area contributed by atoms with Crippen LogP contribution in [0.5, 0.6) is 0 Å². The zero-order valence-corrected chi connectivity index (χ0v) is 18.2. The highest BCUT2D eigenvalue weighted by molar-refractivity contribution is 7.89. The molecule has 1 aromatic carbocycles. The van der Waals surface area contributed by atoms with Crippen molar-refractivity contribution in [3.8, 4) is 0 Å². The van der Waals surface area contributed by atoms with Gasteiger partial charge >= 0.3 is 0 Å². The van der Waals surface area contributed by atoms with Crippen molar-refractivity contribution in [2.45, 2.75) is 56.4 Å². The highest BCUT2D eigenvalue weighted by atomic mass is 32.2. The van der Waals surface area contributed by atoms with E-state index in [-0.39, 0.29) is 16.9 Å². The molecule has 3 aromatic rings. The topological polar surface area (TPSA) is 88.3 Å². The maximum atomic E-state index is 12.5. The molecule has 2 aromatic heterocycles. The van der Waals surface area contributed by atoms with Crippen molar-refractivity contribution >= 4 is 26.9 Å². The standard InChI is InChI=1S/C22H28N4O3S/c1-3-6-16(2)25-30(27,28)18-9-10-21(23-15-18)26-13-11-17(12-14-26)22-24-19-7-4-5-8-20(19)29-22/h4-5,7-10,15-17,25H,3,6,11-14H2,1-2H3. The molecule has 0 bridgehead atoms. The number of fused-ring (bicyclic) bond motifs is 1. The number of anilines is 1. The van der Waals surface area contributed by atoms with Gasteiger partial charge in [0, 0.05) is 31.2 Å². The maximum Gasteiger partial charge on any atom is 0.242 e. The molecule has 1 saturated heterocycles. The lowest BCUT2D eigenvalue weighted by Gasteiger charge is -2.31. The molecule has 0 aliphatic carbocycles. The smallest absolute Gasteiger partial charge is 0.242 e.